The summed E-state index contributed by atoms with van der Waals surface area (Å²) in [6, 6.07) is 5.96. The molecular formula is C20H31N3O8. The Hall–Kier alpha value is -2.73. The Bertz CT molecular complexity index is 676. The highest BCUT2D eigenvalue weighted by atomic mass is 16.5. The van der Waals surface area contributed by atoms with Crippen molar-refractivity contribution in [2.75, 3.05) is 39.5 Å². The lowest BCUT2D eigenvalue weighted by Gasteiger charge is -2.23. The number of carbonyl (C=O) groups is 3. The van der Waals surface area contributed by atoms with Crippen molar-refractivity contribution in [3.63, 3.8) is 0 Å². The molecule has 0 spiro atoms. The van der Waals surface area contributed by atoms with E-state index in [1.165, 1.54) is 5.56 Å². The summed E-state index contributed by atoms with van der Waals surface area (Å²) in [5, 5.41) is 40.1. The van der Waals surface area contributed by atoms with Crippen LogP contribution >= 0.6 is 0 Å². The van der Waals surface area contributed by atoms with E-state index in [4.69, 9.17) is 20.1 Å². The molecule has 2 atom stereocenters. The zero-order chi connectivity index (χ0) is 23.2. The highest BCUT2D eigenvalue weighted by Gasteiger charge is 2.28. The van der Waals surface area contributed by atoms with E-state index in [0.29, 0.717) is 19.6 Å². The number of rotatable bonds is 11. The number of benzene rings is 1. The Morgan fingerprint density at radius 2 is 1.81 bits per heavy atom. The van der Waals surface area contributed by atoms with Gasteiger partial charge >= 0.3 is 12.0 Å². The van der Waals surface area contributed by atoms with Crippen LogP contribution in [0, 0.1) is 0 Å². The van der Waals surface area contributed by atoms with Gasteiger partial charge in [0, 0.05) is 19.6 Å². The average molecular weight is 441 g/mol. The van der Waals surface area contributed by atoms with E-state index in [9.17, 15) is 19.5 Å². The predicted octanol–water partition coefficient (Wildman–Crippen LogP) is -1.06. The number of aliphatic carboxylic acids is 1. The maximum Gasteiger partial charge on any atom is 0.326 e. The number of urea groups is 1. The predicted molar refractivity (Wildman–Crippen MR) is 111 cm³/mol. The minimum Gasteiger partial charge on any atom is -0.491 e. The number of carboxylic acids is 1. The van der Waals surface area contributed by atoms with Gasteiger partial charge in [0.15, 0.2) is 0 Å². The van der Waals surface area contributed by atoms with Gasteiger partial charge in [-0.05, 0) is 24.1 Å². The van der Waals surface area contributed by atoms with Gasteiger partial charge in [-0.15, -0.1) is 0 Å². The van der Waals surface area contributed by atoms with Crippen molar-refractivity contribution in [3.05, 3.63) is 29.8 Å². The van der Waals surface area contributed by atoms with Gasteiger partial charge in [-0.2, -0.15) is 0 Å². The second kappa shape index (κ2) is 14.3. The standard InChI is InChI=1S/C15H25NO4.C5H6N2O4/c1-2-13-3-5-15(6-4-13)20-12-14(19)11-16(7-9-17)8-10-18;8-3-1-2(4(9)10)6-5(11)7-3/h3-6,14,17-19H,2,7-12H2,1H3;2H,1H2,(H,9,10)(H2,6,7,8,11). The first-order chi connectivity index (χ1) is 14.8. The van der Waals surface area contributed by atoms with Gasteiger partial charge in [0.2, 0.25) is 5.91 Å². The molecule has 6 N–H and O–H groups in total. The van der Waals surface area contributed by atoms with Crippen LogP contribution < -0.4 is 15.4 Å². The molecule has 0 aliphatic carbocycles. The van der Waals surface area contributed by atoms with Gasteiger partial charge < -0.3 is 30.5 Å². The molecule has 1 saturated heterocycles. The van der Waals surface area contributed by atoms with E-state index in [-0.39, 0.29) is 26.2 Å². The zero-order valence-corrected chi connectivity index (χ0v) is 17.5. The number of hydrogen-bond acceptors (Lipinski definition) is 8. The van der Waals surface area contributed by atoms with Crippen LogP contribution in [0.2, 0.25) is 0 Å². The van der Waals surface area contributed by atoms with Crippen LogP contribution in [-0.4, -0.2) is 94.8 Å². The van der Waals surface area contributed by atoms with Crippen LogP contribution in [0.25, 0.3) is 0 Å². The molecule has 2 unspecified atom stereocenters. The second-order valence-corrected chi connectivity index (χ2v) is 6.83. The summed E-state index contributed by atoms with van der Waals surface area (Å²) >= 11 is 0. The number of nitrogens with one attached hydrogen (secondary N) is 2. The largest absolute Gasteiger partial charge is 0.491 e. The fourth-order valence-electron chi connectivity index (χ4n) is 2.70. The maximum absolute atomic E-state index is 10.6. The zero-order valence-electron chi connectivity index (χ0n) is 17.5. The molecular weight excluding hydrogens is 410 g/mol. The number of hydrogen-bond donors (Lipinski definition) is 6. The van der Waals surface area contributed by atoms with E-state index >= 15 is 0 Å². The second-order valence-electron chi connectivity index (χ2n) is 6.83. The summed E-state index contributed by atoms with van der Waals surface area (Å²) in [7, 11) is 0. The number of aryl methyl sites for hydroxylation is 1. The third kappa shape index (κ3) is 10.7. The molecule has 174 valence electrons. The van der Waals surface area contributed by atoms with Gasteiger partial charge in [0.25, 0.3) is 0 Å². The summed E-state index contributed by atoms with van der Waals surface area (Å²) < 4.78 is 5.52. The Morgan fingerprint density at radius 3 is 2.29 bits per heavy atom. The molecule has 0 aromatic heterocycles. The van der Waals surface area contributed by atoms with Crippen molar-refractivity contribution in [2.24, 2.45) is 0 Å². The Kier molecular flexibility index (Phi) is 12.1. The van der Waals surface area contributed by atoms with Gasteiger partial charge in [-0.25, -0.2) is 9.59 Å². The number of aliphatic hydroxyl groups is 3. The molecule has 1 heterocycles. The van der Waals surface area contributed by atoms with Crippen molar-refractivity contribution < 1.29 is 39.5 Å². The topological polar surface area (TPSA) is 169 Å². The Morgan fingerprint density at radius 1 is 1.19 bits per heavy atom. The number of carbonyl (C=O) groups excluding carboxylic acids is 2. The lowest BCUT2D eigenvalue weighted by Crippen LogP contribution is -2.55. The first-order valence-corrected chi connectivity index (χ1v) is 9.96. The number of ether oxygens (including phenoxy) is 1. The van der Waals surface area contributed by atoms with Crippen molar-refractivity contribution in [2.45, 2.75) is 31.9 Å². The Labute approximate surface area is 180 Å². The van der Waals surface area contributed by atoms with E-state index < -0.39 is 30.1 Å². The molecule has 3 amide bonds. The molecule has 1 fully saturated rings. The van der Waals surface area contributed by atoms with E-state index in [0.717, 1.165) is 12.2 Å². The van der Waals surface area contributed by atoms with Crippen LogP contribution in [0.15, 0.2) is 24.3 Å². The highest BCUT2D eigenvalue weighted by molar-refractivity contribution is 6.01. The first kappa shape index (κ1) is 26.3. The molecule has 1 aliphatic heterocycles. The SMILES string of the molecule is CCc1ccc(OCC(O)CN(CCO)CCO)cc1.O=C1CC(C(=O)O)NC(=O)N1. The molecule has 11 nitrogen and oxygen atoms in total. The minimum absolute atomic E-state index is 0.00601. The van der Waals surface area contributed by atoms with Crippen molar-refractivity contribution in [1.29, 1.82) is 0 Å². The molecule has 0 saturated carbocycles. The number of amides is 3. The van der Waals surface area contributed by atoms with Crippen molar-refractivity contribution in [3.8, 4) is 5.75 Å². The van der Waals surface area contributed by atoms with Crippen LogP contribution in [-0.2, 0) is 16.0 Å². The smallest absolute Gasteiger partial charge is 0.326 e. The van der Waals surface area contributed by atoms with Crippen LogP contribution in [0.4, 0.5) is 4.79 Å². The number of carboxylic acid groups (broad SMARTS) is 1. The molecule has 2 rings (SSSR count). The molecule has 1 aliphatic rings. The van der Waals surface area contributed by atoms with Crippen molar-refractivity contribution in [1.82, 2.24) is 15.5 Å². The third-order valence-corrected chi connectivity index (χ3v) is 4.32. The van der Waals surface area contributed by atoms with Crippen LogP contribution in [0.3, 0.4) is 0 Å². The number of aliphatic hydroxyl groups excluding tert-OH is 3. The van der Waals surface area contributed by atoms with E-state index in [1.807, 2.05) is 29.6 Å². The van der Waals surface area contributed by atoms with Gasteiger partial charge in [0.05, 0.1) is 19.6 Å². The Balaban J connectivity index is 0.000000367. The fraction of sp³-hybridized carbons (Fsp3) is 0.550. The molecule has 0 radical (unpaired) electrons. The maximum atomic E-state index is 10.6. The third-order valence-electron chi connectivity index (χ3n) is 4.32. The molecule has 1 aromatic rings. The summed E-state index contributed by atoms with van der Waals surface area (Å²) in [5.41, 5.74) is 1.25. The average Bonchev–Trinajstić information content (AvgIpc) is 2.73. The van der Waals surface area contributed by atoms with Crippen molar-refractivity contribution >= 4 is 17.9 Å². The monoisotopic (exact) mass is 441 g/mol. The molecule has 31 heavy (non-hydrogen) atoms. The van der Waals surface area contributed by atoms with Crippen LogP contribution in [0.5, 0.6) is 5.75 Å². The van der Waals surface area contributed by atoms with E-state index in [1.54, 1.807) is 4.90 Å². The summed E-state index contributed by atoms with van der Waals surface area (Å²) in [5.74, 6) is -1.04. The van der Waals surface area contributed by atoms with Gasteiger partial charge in [-0.1, -0.05) is 19.1 Å². The lowest BCUT2D eigenvalue weighted by atomic mass is 10.2. The minimum atomic E-state index is -1.20. The summed E-state index contributed by atoms with van der Waals surface area (Å²) in [6.45, 7) is 3.53. The number of imide groups is 1. The van der Waals surface area contributed by atoms with E-state index in [2.05, 4.69) is 12.2 Å². The number of nitrogens with zero attached hydrogens (tertiary/aromatic N) is 1. The quantitative estimate of drug-likeness (QED) is 0.251. The molecule has 1 aromatic carbocycles. The molecule has 0 bridgehead atoms. The lowest BCUT2D eigenvalue weighted by molar-refractivity contribution is -0.141. The van der Waals surface area contributed by atoms with Gasteiger partial charge in [-0.3, -0.25) is 15.0 Å². The first-order valence-electron chi connectivity index (χ1n) is 9.96. The summed E-state index contributed by atoms with van der Waals surface area (Å²) in [4.78, 5) is 33.1. The highest BCUT2D eigenvalue weighted by Crippen LogP contribution is 2.12. The van der Waals surface area contributed by atoms with Crippen LogP contribution in [0.1, 0.15) is 18.9 Å². The normalized spacial score (nSPS) is 16.6. The fourth-order valence-corrected chi connectivity index (χ4v) is 2.70. The summed E-state index contributed by atoms with van der Waals surface area (Å²) in [6.07, 6.45) is 0.125. The molecule has 11 heteroatoms. The van der Waals surface area contributed by atoms with Gasteiger partial charge in [0.1, 0.15) is 24.5 Å².